The van der Waals surface area contributed by atoms with Crippen LogP contribution in [0.2, 0.25) is 0 Å². The predicted molar refractivity (Wildman–Crippen MR) is 156 cm³/mol. The van der Waals surface area contributed by atoms with Gasteiger partial charge in [-0.3, -0.25) is 0 Å². The number of anilines is 3. The summed E-state index contributed by atoms with van der Waals surface area (Å²) in [6.07, 6.45) is 4.13. The van der Waals surface area contributed by atoms with Crippen LogP contribution in [0.4, 0.5) is 22.2 Å². The molecule has 0 spiro atoms. The van der Waals surface area contributed by atoms with E-state index in [1.807, 2.05) is 37.2 Å². The van der Waals surface area contributed by atoms with Gasteiger partial charge in [0.1, 0.15) is 5.82 Å². The third-order valence-corrected chi connectivity index (χ3v) is 7.96. The Bertz CT molecular complexity index is 1200. The van der Waals surface area contributed by atoms with E-state index in [0.717, 1.165) is 57.0 Å². The van der Waals surface area contributed by atoms with Gasteiger partial charge < -0.3 is 20.9 Å². The fourth-order valence-corrected chi connectivity index (χ4v) is 6.02. The molecule has 7 nitrogen and oxygen atoms in total. The van der Waals surface area contributed by atoms with Gasteiger partial charge in [0.2, 0.25) is 5.95 Å². The standard InChI is InChI=1S/C27H34Br2N6O/c1-16(2)18-13-21(28)24(22(29)14-18)33-27(36)30-15-17-9-11-19(12-10-17)31-26-32-23-8-6-5-7-20(23)25(34-26)35(3)4/h5-8,13-14,16-17,19H,9-12,15H2,1-4H3,(H2,30,33,36)(H,31,32,34). The first-order valence-corrected chi connectivity index (χ1v) is 14.0. The fourth-order valence-electron chi connectivity index (χ4n) is 4.60. The maximum Gasteiger partial charge on any atom is 0.319 e. The molecule has 4 rings (SSSR count). The Morgan fingerprint density at radius 2 is 1.72 bits per heavy atom. The fraction of sp³-hybridized carbons (Fsp3) is 0.444. The molecule has 1 aliphatic rings. The molecule has 9 heteroatoms. The molecule has 1 aliphatic carbocycles. The van der Waals surface area contributed by atoms with E-state index in [9.17, 15) is 4.79 Å². The first-order valence-electron chi connectivity index (χ1n) is 12.5. The zero-order valence-electron chi connectivity index (χ0n) is 21.2. The third kappa shape index (κ3) is 6.48. The molecule has 0 atom stereocenters. The Hall–Kier alpha value is -2.39. The van der Waals surface area contributed by atoms with Crippen LogP contribution in [0, 0.1) is 5.92 Å². The van der Waals surface area contributed by atoms with Crippen LogP contribution in [-0.4, -0.2) is 42.7 Å². The van der Waals surface area contributed by atoms with E-state index in [4.69, 9.17) is 9.97 Å². The van der Waals surface area contributed by atoms with Crippen LogP contribution in [0.3, 0.4) is 0 Å². The molecule has 0 bridgehead atoms. The molecule has 0 aliphatic heterocycles. The van der Waals surface area contributed by atoms with Gasteiger partial charge in [0.25, 0.3) is 0 Å². The quantitative estimate of drug-likeness (QED) is 0.263. The van der Waals surface area contributed by atoms with Crippen LogP contribution < -0.4 is 20.9 Å². The SMILES string of the molecule is CC(C)c1cc(Br)c(NC(=O)NCC2CCC(Nc3nc(N(C)C)c4ccccc4n3)CC2)c(Br)c1. The van der Waals surface area contributed by atoms with Crippen LogP contribution in [0.1, 0.15) is 51.0 Å². The zero-order valence-corrected chi connectivity index (χ0v) is 24.4. The van der Waals surface area contributed by atoms with Crippen LogP contribution in [-0.2, 0) is 0 Å². The monoisotopic (exact) mass is 616 g/mol. The summed E-state index contributed by atoms with van der Waals surface area (Å²) in [7, 11) is 4.01. The van der Waals surface area contributed by atoms with E-state index in [-0.39, 0.29) is 6.03 Å². The maximum atomic E-state index is 12.6. The number of urea groups is 1. The van der Waals surface area contributed by atoms with Crippen LogP contribution in [0.15, 0.2) is 45.3 Å². The smallest absolute Gasteiger partial charge is 0.319 e. The van der Waals surface area contributed by atoms with Crippen molar-refractivity contribution in [1.82, 2.24) is 15.3 Å². The first-order chi connectivity index (χ1) is 17.2. The average molecular weight is 618 g/mol. The summed E-state index contributed by atoms with van der Waals surface area (Å²) in [6, 6.07) is 12.4. The summed E-state index contributed by atoms with van der Waals surface area (Å²) in [6.45, 7) is 4.96. The molecule has 2 aromatic carbocycles. The van der Waals surface area contributed by atoms with Gasteiger partial charge in [-0.15, -0.1) is 0 Å². The molecule has 3 aromatic rings. The van der Waals surface area contributed by atoms with Crippen molar-refractivity contribution in [2.24, 2.45) is 5.92 Å². The molecule has 2 amide bonds. The molecule has 3 N–H and O–H groups in total. The molecule has 192 valence electrons. The minimum atomic E-state index is -0.185. The molecular weight excluding hydrogens is 584 g/mol. The number of benzene rings is 2. The highest BCUT2D eigenvalue weighted by atomic mass is 79.9. The second-order valence-corrected chi connectivity index (χ2v) is 11.7. The van der Waals surface area contributed by atoms with E-state index < -0.39 is 0 Å². The number of halogens is 2. The van der Waals surface area contributed by atoms with Gasteiger partial charge in [0.15, 0.2) is 0 Å². The minimum absolute atomic E-state index is 0.185. The van der Waals surface area contributed by atoms with Crippen molar-refractivity contribution in [3.05, 3.63) is 50.9 Å². The predicted octanol–water partition coefficient (Wildman–Crippen LogP) is 7.14. The van der Waals surface area contributed by atoms with E-state index in [1.165, 1.54) is 5.56 Å². The van der Waals surface area contributed by atoms with Crippen molar-refractivity contribution in [2.75, 3.05) is 36.2 Å². The summed E-state index contributed by atoms with van der Waals surface area (Å²) in [5, 5.41) is 10.6. The van der Waals surface area contributed by atoms with Gasteiger partial charge in [0, 0.05) is 41.0 Å². The molecular formula is C27H34Br2N6O. The number of carbonyl (C=O) groups is 1. The van der Waals surface area contributed by atoms with Crippen molar-refractivity contribution in [3.63, 3.8) is 0 Å². The molecule has 36 heavy (non-hydrogen) atoms. The van der Waals surface area contributed by atoms with Gasteiger partial charge in [-0.2, -0.15) is 4.98 Å². The molecule has 0 unspecified atom stereocenters. The topological polar surface area (TPSA) is 82.2 Å². The van der Waals surface area contributed by atoms with Gasteiger partial charge in [-0.05, 0) is 99.2 Å². The Labute approximate surface area is 230 Å². The normalized spacial score (nSPS) is 17.8. The number of hydrogen-bond donors (Lipinski definition) is 3. The zero-order chi connectivity index (χ0) is 25.8. The highest BCUT2D eigenvalue weighted by molar-refractivity contribution is 9.11. The van der Waals surface area contributed by atoms with Crippen molar-refractivity contribution < 1.29 is 4.79 Å². The van der Waals surface area contributed by atoms with E-state index in [1.54, 1.807) is 0 Å². The van der Waals surface area contributed by atoms with Crippen molar-refractivity contribution in [2.45, 2.75) is 51.5 Å². The maximum absolute atomic E-state index is 12.6. The van der Waals surface area contributed by atoms with Gasteiger partial charge >= 0.3 is 6.03 Å². The Kier molecular flexibility index (Phi) is 8.72. The number of fused-ring (bicyclic) bond motifs is 1. The van der Waals surface area contributed by atoms with E-state index >= 15 is 0 Å². The van der Waals surface area contributed by atoms with Crippen LogP contribution in [0.5, 0.6) is 0 Å². The lowest BCUT2D eigenvalue weighted by Crippen LogP contribution is -2.36. The van der Waals surface area contributed by atoms with Crippen LogP contribution in [0.25, 0.3) is 10.9 Å². The molecule has 0 radical (unpaired) electrons. The number of rotatable bonds is 7. The van der Waals surface area contributed by atoms with Gasteiger partial charge in [-0.25, -0.2) is 9.78 Å². The highest BCUT2D eigenvalue weighted by Crippen LogP contribution is 2.35. The molecule has 1 fully saturated rings. The molecule has 1 aromatic heterocycles. The van der Waals surface area contributed by atoms with Gasteiger partial charge in [0.05, 0.1) is 11.2 Å². The molecule has 0 saturated heterocycles. The largest absolute Gasteiger partial charge is 0.362 e. The van der Waals surface area contributed by atoms with Gasteiger partial charge in [-0.1, -0.05) is 26.0 Å². The number of carbonyl (C=O) groups excluding carboxylic acids is 1. The lowest BCUT2D eigenvalue weighted by Gasteiger charge is -2.29. The van der Waals surface area contributed by atoms with Crippen molar-refractivity contribution >= 4 is 66.2 Å². The number of hydrogen-bond acceptors (Lipinski definition) is 5. The number of amides is 2. The lowest BCUT2D eigenvalue weighted by atomic mass is 9.86. The Morgan fingerprint density at radius 1 is 1.06 bits per heavy atom. The number of nitrogens with zero attached hydrogens (tertiary/aromatic N) is 3. The lowest BCUT2D eigenvalue weighted by molar-refractivity contribution is 0.246. The van der Waals surface area contributed by atoms with Crippen molar-refractivity contribution in [1.29, 1.82) is 0 Å². The number of para-hydroxylation sites is 1. The first kappa shape index (κ1) is 26.7. The Balaban J connectivity index is 1.28. The summed E-state index contributed by atoms with van der Waals surface area (Å²) < 4.78 is 1.74. The summed E-state index contributed by atoms with van der Waals surface area (Å²) >= 11 is 7.18. The highest BCUT2D eigenvalue weighted by Gasteiger charge is 2.23. The van der Waals surface area contributed by atoms with E-state index in [0.29, 0.717) is 30.4 Å². The molecule has 1 saturated carbocycles. The van der Waals surface area contributed by atoms with Crippen molar-refractivity contribution in [3.8, 4) is 0 Å². The summed E-state index contributed by atoms with van der Waals surface area (Å²) in [5.41, 5.74) is 2.90. The molecule has 1 heterocycles. The third-order valence-electron chi connectivity index (χ3n) is 6.71. The minimum Gasteiger partial charge on any atom is -0.362 e. The second kappa shape index (κ2) is 11.8. The number of nitrogens with one attached hydrogen (secondary N) is 3. The van der Waals surface area contributed by atoms with Crippen LogP contribution >= 0.6 is 31.9 Å². The Morgan fingerprint density at radius 3 is 2.36 bits per heavy atom. The second-order valence-electron chi connectivity index (χ2n) is 9.99. The van der Waals surface area contributed by atoms with E-state index in [2.05, 4.69) is 79.9 Å². The average Bonchev–Trinajstić information content (AvgIpc) is 2.85. The summed E-state index contributed by atoms with van der Waals surface area (Å²) in [5.74, 6) is 2.47. The number of aromatic nitrogens is 2. The summed E-state index contributed by atoms with van der Waals surface area (Å²) in [4.78, 5) is 24.1.